The molecule has 0 aliphatic carbocycles. The zero-order chi connectivity index (χ0) is 46.3. The second-order valence-electron chi connectivity index (χ2n) is 15.2. The molecule has 1 aliphatic heterocycles. The Morgan fingerprint density at radius 1 is 0.587 bits per heavy atom. The first kappa shape index (κ1) is 51.0. The van der Waals surface area contributed by atoms with E-state index < -0.39 is 20.2 Å². The van der Waals surface area contributed by atoms with Crippen LogP contribution in [0.3, 0.4) is 0 Å². The van der Waals surface area contributed by atoms with Gasteiger partial charge in [0.05, 0.1) is 23.9 Å². The third-order valence-electron chi connectivity index (χ3n) is 10.1. The highest BCUT2D eigenvalue weighted by molar-refractivity contribution is 7.99. The van der Waals surface area contributed by atoms with E-state index in [-0.39, 0.29) is 21.0 Å². The van der Waals surface area contributed by atoms with Gasteiger partial charge in [0.1, 0.15) is 31.6 Å². The molecule has 0 amide bonds. The molecule has 4 heterocycles. The molecule has 5 aromatic rings. The lowest BCUT2D eigenvalue weighted by Gasteiger charge is -2.13. The molecule has 16 nitrogen and oxygen atoms in total. The van der Waals surface area contributed by atoms with Crippen molar-refractivity contribution < 1.29 is 35.1 Å². The molecule has 2 aromatic carbocycles. The SMILES string of the molecule is Cc1cc(=O)n2c(=O)n1CCCSc1nc(cc(C)[n+]1C)NCCCCCCNc1cc(C)[n+](C)c(n1)SCCC2.Cc1ccc(S(=O)(=O)[O-])cc1.Cc1ccc(S(=O)(=O)[O-])cc1. The molecule has 342 valence electrons. The molecule has 0 unspecified atom stereocenters. The topological polar surface area (TPSA) is 216 Å². The van der Waals surface area contributed by atoms with Crippen LogP contribution in [0.4, 0.5) is 11.6 Å². The summed E-state index contributed by atoms with van der Waals surface area (Å²) in [6, 6.07) is 17.3. The number of hydrogen-bond donors (Lipinski definition) is 2. The Labute approximate surface area is 379 Å². The van der Waals surface area contributed by atoms with Crippen molar-refractivity contribution in [3.8, 4) is 0 Å². The molecule has 0 saturated carbocycles. The molecular weight excluding hydrogens is 885 g/mol. The highest BCUT2D eigenvalue weighted by Gasteiger charge is 2.18. The Morgan fingerprint density at radius 3 is 1.38 bits per heavy atom. The second-order valence-corrected chi connectivity index (χ2v) is 20.0. The van der Waals surface area contributed by atoms with E-state index in [0.29, 0.717) is 25.2 Å². The van der Waals surface area contributed by atoms with Gasteiger partial charge in [-0.25, -0.2) is 30.8 Å². The summed E-state index contributed by atoms with van der Waals surface area (Å²) in [4.78, 5) is 35.3. The summed E-state index contributed by atoms with van der Waals surface area (Å²) in [6.07, 6.45) is 6.00. The number of rotatable bonds is 2. The van der Waals surface area contributed by atoms with Crippen LogP contribution in [0.2, 0.25) is 0 Å². The highest BCUT2D eigenvalue weighted by atomic mass is 32.2. The van der Waals surface area contributed by atoms with Crippen molar-refractivity contribution in [2.75, 3.05) is 35.2 Å². The largest absolute Gasteiger partial charge is 0.744 e. The monoisotopic (exact) mass is 942 g/mol. The quantitative estimate of drug-likeness (QED) is 0.136. The van der Waals surface area contributed by atoms with E-state index in [1.54, 1.807) is 58.4 Å². The molecule has 0 atom stereocenters. The molecule has 2 N–H and O–H groups in total. The molecule has 0 radical (unpaired) electrons. The zero-order valence-corrected chi connectivity index (χ0v) is 40.2. The summed E-state index contributed by atoms with van der Waals surface area (Å²) in [7, 11) is -4.48. The maximum absolute atomic E-state index is 13.3. The first-order valence-corrected chi connectivity index (χ1v) is 25.4. The lowest BCUT2D eigenvalue weighted by Crippen LogP contribution is -2.41. The van der Waals surface area contributed by atoms with Crippen LogP contribution >= 0.6 is 23.5 Å². The van der Waals surface area contributed by atoms with E-state index in [1.165, 1.54) is 28.8 Å². The number of nitrogens with one attached hydrogen (secondary N) is 2. The van der Waals surface area contributed by atoms with Gasteiger partial charge in [-0.2, -0.15) is 0 Å². The second kappa shape index (κ2) is 23.9. The molecule has 6 bridgehead atoms. The third kappa shape index (κ3) is 16.2. The van der Waals surface area contributed by atoms with E-state index in [1.807, 2.05) is 34.9 Å². The van der Waals surface area contributed by atoms with Crippen LogP contribution in [0.15, 0.2) is 96.4 Å². The lowest BCUT2D eigenvalue weighted by molar-refractivity contribution is -0.718. The van der Waals surface area contributed by atoms with Crippen molar-refractivity contribution >= 4 is 55.4 Å². The van der Waals surface area contributed by atoms with Crippen molar-refractivity contribution in [3.05, 3.63) is 116 Å². The Morgan fingerprint density at radius 2 is 0.984 bits per heavy atom. The fourth-order valence-corrected chi connectivity index (χ4v) is 9.02. The molecule has 3 aromatic heterocycles. The van der Waals surface area contributed by atoms with Crippen molar-refractivity contribution in [3.63, 3.8) is 0 Å². The maximum Gasteiger partial charge on any atom is 0.361 e. The number of thioether (sulfide) groups is 2. The van der Waals surface area contributed by atoms with Crippen LogP contribution in [0.5, 0.6) is 0 Å². The van der Waals surface area contributed by atoms with Gasteiger partial charge in [-0.05, 0) is 118 Å². The summed E-state index contributed by atoms with van der Waals surface area (Å²) < 4.78 is 69.6. The van der Waals surface area contributed by atoms with Gasteiger partial charge in [-0.15, -0.1) is 0 Å². The Kier molecular flexibility index (Phi) is 19.4. The molecule has 0 saturated heterocycles. The van der Waals surface area contributed by atoms with Gasteiger partial charge in [0.15, 0.2) is 0 Å². The molecule has 6 rings (SSSR count). The third-order valence-corrected chi connectivity index (χ3v) is 14.0. The highest BCUT2D eigenvalue weighted by Crippen LogP contribution is 2.18. The molecule has 0 fully saturated rings. The first-order valence-electron chi connectivity index (χ1n) is 20.6. The van der Waals surface area contributed by atoms with Crippen molar-refractivity contribution in [2.45, 2.75) is 106 Å². The number of hydrogen-bond acceptors (Lipinski definition) is 14. The van der Waals surface area contributed by atoms with Gasteiger partial charge in [-0.1, -0.05) is 48.2 Å². The molecule has 0 spiro atoms. The number of aryl methyl sites for hydroxylation is 5. The van der Waals surface area contributed by atoms with Crippen molar-refractivity contribution in [1.82, 2.24) is 19.1 Å². The number of fused-ring (bicyclic) bond motifs is 6. The first-order chi connectivity index (χ1) is 29.7. The minimum atomic E-state index is -4.27. The van der Waals surface area contributed by atoms with E-state index in [2.05, 4.69) is 45.7 Å². The summed E-state index contributed by atoms with van der Waals surface area (Å²) in [5.74, 6) is 3.38. The standard InChI is InChI=1S/C29H42N8O2S2.2C7H8O3S/c1-21-18-24-30-12-8-6-7-9-13-31-25-19-22(2)35(5)28(33-25)41-17-11-15-37-26(38)20-23(3)36(29(37)39)14-10-16-40-27(32-24)34(21)4;2*1-6-2-4-7(5-3-6)11(8,9)10/h18-20H,6-17H2,1-5H3;2*2-5H,1H3,(H,8,9,10). The number of anilines is 2. The summed E-state index contributed by atoms with van der Waals surface area (Å²) >= 11 is 3.35. The fraction of sp³-hybridized carbons (Fsp3) is 0.442. The normalized spacial score (nSPS) is 14.5. The predicted octanol–water partition coefficient (Wildman–Crippen LogP) is 4.94. The summed E-state index contributed by atoms with van der Waals surface area (Å²) in [6.45, 7) is 12.4. The Bertz CT molecular complexity index is 2580. The van der Waals surface area contributed by atoms with Crippen LogP contribution in [0.25, 0.3) is 0 Å². The van der Waals surface area contributed by atoms with Crippen molar-refractivity contribution in [1.29, 1.82) is 0 Å². The molecule has 1 aliphatic rings. The van der Waals surface area contributed by atoms with E-state index in [9.17, 15) is 35.5 Å². The summed E-state index contributed by atoms with van der Waals surface area (Å²) in [5, 5.41) is 8.88. The fourth-order valence-electron chi connectivity index (χ4n) is 6.17. The van der Waals surface area contributed by atoms with E-state index >= 15 is 0 Å². The van der Waals surface area contributed by atoms with E-state index in [0.717, 1.165) is 101 Å². The number of benzene rings is 2. The van der Waals surface area contributed by atoms with Crippen LogP contribution < -0.4 is 31.0 Å². The van der Waals surface area contributed by atoms with Gasteiger partial charge in [-0.3, -0.25) is 13.9 Å². The van der Waals surface area contributed by atoms with Crippen molar-refractivity contribution in [2.24, 2.45) is 14.1 Å². The van der Waals surface area contributed by atoms with Gasteiger partial charge in [0, 0.05) is 61.6 Å². The minimum Gasteiger partial charge on any atom is -0.744 e. The number of aromatic nitrogens is 6. The average Bonchev–Trinajstić information content (AvgIpc) is 3.21. The molecular formula is C43H58N8O8S4. The Hall–Kier alpha value is -4.60. The zero-order valence-electron chi connectivity index (χ0n) is 36.9. The molecule has 20 heteroatoms. The van der Waals surface area contributed by atoms with Gasteiger partial charge >= 0.3 is 16.0 Å². The van der Waals surface area contributed by atoms with Gasteiger partial charge in [0.25, 0.3) is 5.56 Å². The van der Waals surface area contributed by atoms with Crippen LogP contribution in [-0.2, 0) is 47.4 Å². The van der Waals surface area contributed by atoms with Crippen LogP contribution in [-0.4, -0.2) is 69.6 Å². The predicted molar refractivity (Wildman–Crippen MR) is 244 cm³/mol. The Balaban J connectivity index is 0.000000320. The minimum absolute atomic E-state index is 0.178. The average molecular weight is 943 g/mol. The maximum atomic E-state index is 13.3. The van der Waals surface area contributed by atoms with Crippen LogP contribution in [0.1, 0.15) is 66.7 Å². The van der Waals surface area contributed by atoms with Crippen LogP contribution in [0, 0.1) is 34.6 Å². The smallest absolute Gasteiger partial charge is 0.361 e. The van der Waals surface area contributed by atoms with E-state index in [4.69, 9.17) is 9.97 Å². The molecule has 63 heavy (non-hydrogen) atoms. The lowest BCUT2D eigenvalue weighted by atomic mass is 10.2. The number of nitrogens with zero attached hydrogens (tertiary/aromatic N) is 6. The summed E-state index contributed by atoms with van der Waals surface area (Å²) in [5.41, 5.74) is 4.37. The van der Waals surface area contributed by atoms with Gasteiger partial charge in [0.2, 0.25) is 11.6 Å². The van der Waals surface area contributed by atoms with Gasteiger partial charge < -0.3 is 19.7 Å².